The fraction of sp³-hybridized carbons (Fsp3) is 0.312. The van der Waals surface area contributed by atoms with Crippen molar-refractivity contribution in [3.05, 3.63) is 57.7 Å². The van der Waals surface area contributed by atoms with Crippen molar-refractivity contribution < 1.29 is 0 Å². The fourth-order valence-corrected chi connectivity index (χ4v) is 2.61. The van der Waals surface area contributed by atoms with Crippen molar-refractivity contribution in [2.24, 2.45) is 0 Å². The predicted molar refractivity (Wildman–Crippen MR) is 89.4 cm³/mol. The molecule has 0 aliphatic rings. The van der Waals surface area contributed by atoms with Crippen LogP contribution in [0.3, 0.4) is 0 Å². The summed E-state index contributed by atoms with van der Waals surface area (Å²) in [6.07, 6.45) is 0.917. The molecule has 0 unspecified atom stereocenters. The van der Waals surface area contributed by atoms with Crippen LogP contribution in [0.5, 0.6) is 0 Å². The van der Waals surface area contributed by atoms with E-state index in [-0.39, 0.29) is 0 Å². The molecule has 0 radical (unpaired) electrons. The van der Waals surface area contributed by atoms with Crippen LogP contribution < -0.4 is 4.90 Å². The summed E-state index contributed by atoms with van der Waals surface area (Å²) >= 11 is 9.55. The van der Waals surface area contributed by atoms with E-state index in [2.05, 4.69) is 64.1 Å². The molecule has 0 bridgehead atoms. The summed E-state index contributed by atoms with van der Waals surface area (Å²) in [6.45, 7) is 2.92. The first-order chi connectivity index (χ1) is 9.63. The minimum atomic E-state index is 0.519. The van der Waals surface area contributed by atoms with E-state index in [1.54, 1.807) is 0 Å². The van der Waals surface area contributed by atoms with Crippen molar-refractivity contribution in [1.82, 2.24) is 4.98 Å². The number of pyridine rings is 1. The Morgan fingerprint density at radius 2 is 2.00 bits per heavy atom. The number of hydrogen-bond acceptors (Lipinski definition) is 2. The van der Waals surface area contributed by atoms with Gasteiger partial charge in [0.15, 0.2) is 0 Å². The number of alkyl halides is 1. The Balaban J connectivity index is 2.24. The molecule has 106 valence electrons. The highest BCUT2D eigenvalue weighted by atomic mass is 79.9. The lowest BCUT2D eigenvalue weighted by atomic mass is 10.2. The molecule has 1 aromatic heterocycles. The van der Waals surface area contributed by atoms with E-state index >= 15 is 0 Å². The molecule has 0 fully saturated rings. The van der Waals surface area contributed by atoms with Gasteiger partial charge in [-0.2, -0.15) is 0 Å². The van der Waals surface area contributed by atoms with Crippen molar-refractivity contribution in [2.75, 3.05) is 11.9 Å². The molecule has 2 aromatic rings. The van der Waals surface area contributed by atoms with E-state index in [1.807, 2.05) is 12.1 Å². The molecule has 2 nitrogen and oxygen atoms in total. The molecule has 1 aromatic carbocycles. The van der Waals surface area contributed by atoms with E-state index < -0.39 is 0 Å². The van der Waals surface area contributed by atoms with E-state index in [0.717, 1.165) is 34.5 Å². The van der Waals surface area contributed by atoms with Crippen LogP contribution in [0, 0.1) is 0 Å². The van der Waals surface area contributed by atoms with Crippen LogP contribution in [0.2, 0.25) is 0 Å². The van der Waals surface area contributed by atoms with Crippen molar-refractivity contribution in [2.45, 2.75) is 25.8 Å². The van der Waals surface area contributed by atoms with Crippen molar-refractivity contribution >= 4 is 33.3 Å². The van der Waals surface area contributed by atoms with Gasteiger partial charge in [0.25, 0.3) is 0 Å². The molecule has 0 atom stereocenters. The number of aromatic nitrogens is 1. The van der Waals surface area contributed by atoms with E-state index in [4.69, 9.17) is 11.6 Å². The molecule has 0 aliphatic carbocycles. The topological polar surface area (TPSA) is 16.1 Å². The Morgan fingerprint density at radius 3 is 2.65 bits per heavy atom. The van der Waals surface area contributed by atoms with Gasteiger partial charge < -0.3 is 4.90 Å². The largest absolute Gasteiger partial charge is 0.355 e. The normalized spacial score (nSPS) is 10.6. The smallest absolute Gasteiger partial charge is 0.129 e. The highest BCUT2D eigenvalue weighted by Crippen LogP contribution is 2.21. The molecular formula is C16H18BrClN2. The van der Waals surface area contributed by atoms with Gasteiger partial charge in [0.1, 0.15) is 5.82 Å². The third kappa shape index (κ3) is 3.74. The molecule has 0 N–H and O–H groups in total. The maximum Gasteiger partial charge on any atom is 0.129 e. The molecule has 0 amide bonds. The summed E-state index contributed by atoms with van der Waals surface area (Å²) in [5.74, 6) is 1.49. The third-order valence-electron chi connectivity index (χ3n) is 3.20. The van der Waals surface area contributed by atoms with Crippen molar-refractivity contribution in [1.29, 1.82) is 0 Å². The Morgan fingerprint density at radius 1 is 1.25 bits per heavy atom. The molecule has 20 heavy (non-hydrogen) atoms. The Kier molecular flexibility index (Phi) is 5.44. The van der Waals surface area contributed by atoms with Crippen molar-refractivity contribution in [3.63, 3.8) is 0 Å². The van der Waals surface area contributed by atoms with Crippen LogP contribution in [-0.2, 0) is 18.8 Å². The maximum absolute atomic E-state index is 5.96. The Hall–Kier alpha value is -1.06. The number of halogens is 2. The quantitative estimate of drug-likeness (QED) is 0.719. The number of aryl methyl sites for hydroxylation is 1. The summed E-state index contributed by atoms with van der Waals surface area (Å²) < 4.78 is 1.12. The van der Waals surface area contributed by atoms with Crippen LogP contribution in [0.4, 0.5) is 5.82 Å². The SMILES string of the molecule is CCc1cc(CCl)cc(N(C)Cc2ccccc2Br)n1. The predicted octanol–water partition coefficient (Wildman–Crippen LogP) is 4.78. The number of benzene rings is 1. The second kappa shape index (κ2) is 7.09. The fourth-order valence-electron chi connectivity index (χ4n) is 2.05. The van der Waals surface area contributed by atoms with Gasteiger partial charge in [-0.3, -0.25) is 0 Å². The van der Waals surface area contributed by atoms with E-state index in [9.17, 15) is 0 Å². The van der Waals surface area contributed by atoms with Crippen molar-refractivity contribution in [3.8, 4) is 0 Å². The molecule has 4 heteroatoms. The van der Waals surface area contributed by atoms with Gasteiger partial charge in [0, 0.05) is 29.6 Å². The van der Waals surface area contributed by atoms with Crippen LogP contribution in [0.15, 0.2) is 40.9 Å². The monoisotopic (exact) mass is 352 g/mol. The molecule has 0 saturated carbocycles. The molecule has 0 spiro atoms. The average Bonchev–Trinajstić information content (AvgIpc) is 2.48. The zero-order chi connectivity index (χ0) is 14.5. The molecule has 1 heterocycles. The number of hydrogen-bond donors (Lipinski definition) is 0. The number of nitrogens with zero attached hydrogens (tertiary/aromatic N) is 2. The van der Waals surface area contributed by atoms with Gasteiger partial charge >= 0.3 is 0 Å². The number of anilines is 1. The second-order valence-electron chi connectivity index (χ2n) is 4.76. The van der Waals surface area contributed by atoms with Gasteiger partial charge in [0.2, 0.25) is 0 Å². The first kappa shape index (κ1) is 15.3. The average molecular weight is 354 g/mol. The zero-order valence-electron chi connectivity index (χ0n) is 11.7. The Bertz CT molecular complexity index is 564. The highest BCUT2D eigenvalue weighted by Gasteiger charge is 2.08. The minimum Gasteiger partial charge on any atom is -0.355 e. The molecule has 2 rings (SSSR count). The van der Waals surface area contributed by atoms with Crippen LogP contribution in [0.1, 0.15) is 23.7 Å². The van der Waals surface area contributed by atoms with Crippen LogP contribution >= 0.6 is 27.5 Å². The lowest BCUT2D eigenvalue weighted by Crippen LogP contribution is -2.18. The first-order valence-corrected chi connectivity index (χ1v) is 7.97. The van der Waals surface area contributed by atoms with Gasteiger partial charge in [-0.1, -0.05) is 41.1 Å². The third-order valence-corrected chi connectivity index (χ3v) is 4.28. The molecule has 0 saturated heterocycles. The highest BCUT2D eigenvalue weighted by molar-refractivity contribution is 9.10. The van der Waals surface area contributed by atoms with Gasteiger partial charge in [-0.15, -0.1) is 11.6 Å². The summed E-state index contributed by atoms with van der Waals surface area (Å²) in [5, 5.41) is 0. The standard InChI is InChI=1S/C16H18BrClN2/c1-3-14-8-12(10-18)9-16(19-14)20(2)11-13-6-4-5-7-15(13)17/h4-9H,3,10-11H2,1-2H3. The maximum atomic E-state index is 5.96. The second-order valence-corrected chi connectivity index (χ2v) is 5.88. The first-order valence-electron chi connectivity index (χ1n) is 6.64. The Labute approximate surface area is 133 Å². The summed E-state index contributed by atoms with van der Waals surface area (Å²) in [4.78, 5) is 6.83. The van der Waals surface area contributed by atoms with Gasteiger partial charge in [-0.25, -0.2) is 4.98 Å². The molecule has 0 aliphatic heterocycles. The minimum absolute atomic E-state index is 0.519. The molecular weight excluding hydrogens is 336 g/mol. The van der Waals surface area contributed by atoms with Crippen LogP contribution in [0.25, 0.3) is 0 Å². The van der Waals surface area contributed by atoms with Gasteiger partial charge in [0.05, 0.1) is 0 Å². The van der Waals surface area contributed by atoms with Crippen LogP contribution in [-0.4, -0.2) is 12.0 Å². The van der Waals surface area contributed by atoms with Gasteiger partial charge in [-0.05, 0) is 35.7 Å². The number of rotatable bonds is 5. The van der Waals surface area contributed by atoms with E-state index in [1.165, 1.54) is 5.56 Å². The summed E-state index contributed by atoms with van der Waals surface area (Å²) in [6, 6.07) is 12.4. The summed E-state index contributed by atoms with van der Waals surface area (Å²) in [7, 11) is 2.05. The summed E-state index contributed by atoms with van der Waals surface area (Å²) in [5.41, 5.74) is 3.44. The van der Waals surface area contributed by atoms with E-state index in [0.29, 0.717) is 5.88 Å². The lowest BCUT2D eigenvalue weighted by Gasteiger charge is -2.20. The zero-order valence-corrected chi connectivity index (χ0v) is 14.1. The lowest BCUT2D eigenvalue weighted by molar-refractivity contribution is 0.876.